The summed E-state index contributed by atoms with van der Waals surface area (Å²) in [4.78, 5) is 4.56. The van der Waals surface area contributed by atoms with Crippen molar-refractivity contribution >= 4 is 32.6 Å². The van der Waals surface area contributed by atoms with Crippen molar-refractivity contribution in [2.24, 2.45) is 13.0 Å². The third-order valence-electron chi connectivity index (χ3n) is 5.95. The maximum Gasteiger partial charge on any atom is 0.291 e. The fourth-order valence-corrected chi connectivity index (χ4v) is 5.51. The average molecular weight is 363 g/mol. The zero-order valence-electron chi connectivity index (χ0n) is 15.4. The average Bonchev–Trinajstić information content (AvgIpc) is 3.38. The smallest absolute Gasteiger partial charge is 0.245 e. The van der Waals surface area contributed by atoms with Gasteiger partial charge in [0.2, 0.25) is 0 Å². The minimum atomic E-state index is 0.797. The summed E-state index contributed by atoms with van der Waals surface area (Å²) in [5.41, 5.74) is 8.40. The molecule has 1 aliphatic carbocycles. The van der Waals surface area contributed by atoms with Crippen molar-refractivity contribution in [3.63, 3.8) is 0 Å². The van der Waals surface area contributed by atoms with Crippen LogP contribution in [-0.4, -0.2) is 9.55 Å². The van der Waals surface area contributed by atoms with E-state index in [1.807, 2.05) is 5.51 Å². The highest BCUT2D eigenvalue weighted by Crippen LogP contribution is 2.36. The van der Waals surface area contributed by atoms with Gasteiger partial charge in [-0.05, 0) is 49.4 Å². The van der Waals surface area contributed by atoms with Crippen LogP contribution in [0.5, 0.6) is 0 Å². The first-order valence-corrected chi connectivity index (χ1v) is 10.4. The summed E-state index contributed by atoms with van der Waals surface area (Å²) in [5, 5.41) is 0. The number of hydrogen-bond donors (Lipinski definition) is 0. The van der Waals surface area contributed by atoms with Crippen molar-refractivity contribution in [1.29, 1.82) is 0 Å². The van der Waals surface area contributed by atoms with Crippen LogP contribution in [0.1, 0.15) is 31.2 Å². The normalized spacial score (nSPS) is 15.5. The van der Waals surface area contributed by atoms with Gasteiger partial charge in [-0.15, -0.1) is 11.3 Å². The molecule has 0 amide bonds. The maximum atomic E-state index is 4.56. The van der Waals surface area contributed by atoms with Crippen LogP contribution in [0, 0.1) is 12.8 Å². The van der Waals surface area contributed by atoms with Gasteiger partial charge in [0.25, 0.3) is 5.82 Å². The molecule has 1 aliphatic rings. The summed E-state index contributed by atoms with van der Waals surface area (Å²) in [7, 11) is 2.21. The number of rotatable bonds is 3. The third-order valence-corrected chi connectivity index (χ3v) is 6.81. The number of para-hydroxylation sites is 2. The van der Waals surface area contributed by atoms with Crippen molar-refractivity contribution in [3.8, 4) is 11.4 Å². The van der Waals surface area contributed by atoms with E-state index in [9.17, 15) is 0 Å². The molecule has 0 radical (unpaired) electrons. The molecule has 0 saturated heterocycles. The van der Waals surface area contributed by atoms with Crippen LogP contribution in [0.25, 0.3) is 32.6 Å². The quantitative estimate of drug-likeness (QED) is 0.457. The molecule has 0 spiro atoms. The summed E-state index contributed by atoms with van der Waals surface area (Å²) in [6.45, 7) is 3.34. The standard InChI is InChI=1S/C22H24N3S/c1-15-11-12-17-21(26-14-23-17)20(15)22-24(2)18-9-5-6-10-19(18)25(22)13-16-7-3-4-8-16/h5-6,9-12,14,16H,3-4,7-8,13H2,1-2H3/q+1. The van der Waals surface area contributed by atoms with Gasteiger partial charge < -0.3 is 0 Å². The van der Waals surface area contributed by atoms with Gasteiger partial charge in [-0.25, -0.2) is 14.1 Å². The fourth-order valence-electron chi connectivity index (χ4n) is 4.63. The van der Waals surface area contributed by atoms with Gasteiger partial charge in [0.15, 0.2) is 11.0 Å². The summed E-state index contributed by atoms with van der Waals surface area (Å²) < 4.78 is 6.26. The second-order valence-electron chi connectivity index (χ2n) is 7.59. The molecule has 0 bridgehead atoms. The Hall–Kier alpha value is -2.20. The van der Waals surface area contributed by atoms with Crippen LogP contribution < -0.4 is 4.57 Å². The van der Waals surface area contributed by atoms with E-state index in [-0.39, 0.29) is 0 Å². The largest absolute Gasteiger partial charge is 0.291 e. The highest BCUT2D eigenvalue weighted by Gasteiger charge is 2.30. The van der Waals surface area contributed by atoms with Crippen LogP contribution in [0.15, 0.2) is 41.9 Å². The zero-order valence-corrected chi connectivity index (χ0v) is 16.2. The van der Waals surface area contributed by atoms with Crippen molar-refractivity contribution in [3.05, 3.63) is 47.5 Å². The monoisotopic (exact) mass is 362 g/mol. The van der Waals surface area contributed by atoms with Gasteiger partial charge >= 0.3 is 0 Å². The van der Waals surface area contributed by atoms with Gasteiger partial charge in [0.05, 0.1) is 34.9 Å². The first-order chi connectivity index (χ1) is 12.7. The number of thiazole rings is 1. The number of aryl methyl sites for hydroxylation is 2. The molecule has 132 valence electrons. The molecule has 0 N–H and O–H groups in total. The van der Waals surface area contributed by atoms with Gasteiger partial charge in [-0.1, -0.05) is 31.0 Å². The molecule has 4 heteroatoms. The topological polar surface area (TPSA) is 21.7 Å². The molecular formula is C22H24N3S+. The minimum Gasteiger partial charge on any atom is -0.245 e. The second-order valence-corrected chi connectivity index (χ2v) is 8.45. The fraction of sp³-hybridized carbons (Fsp3) is 0.364. The van der Waals surface area contributed by atoms with Crippen LogP contribution in [0.4, 0.5) is 0 Å². The first kappa shape index (κ1) is 16.0. The van der Waals surface area contributed by atoms with E-state index in [4.69, 9.17) is 0 Å². The van der Waals surface area contributed by atoms with Gasteiger partial charge in [-0.3, -0.25) is 0 Å². The van der Waals surface area contributed by atoms with E-state index >= 15 is 0 Å². The Kier molecular flexibility index (Phi) is 3.82. The highest BCUT2D eigenvalue weighted by atomic mass is 32.1. The molecule has 1 fully saturated rings. The SMILES string of the molecule is Cc1ccc2ncsc2c1-c1n(CC2CCCC2)c2ccccc2[n+]1C. The molecular weight excluding hydrogens is 338 g/mol. The lowest BCUT2D eigenvalue weighted by molar-refractivity contribution is -0.634. The van der Waals surface area contributed by atoms with E-state index in [1.54, 1.807) is 11.3 Å². The van der Waals surface area contributed by atoms with Crippen LogP contribution in [0.3, 0.4) is 0 Å². The van der Waals surface area contributed by atoms with Crippen LogP contribution in [0.2, 0.25) is 0 Å². The molecule has 26 heavy (non-hydrogen) atoms. The molecule has 2 aromatic carbocycles. The van der Waals surface area contributed by atoms with Crippen molar-refractivity contribution in [2.75, 3.05) is 0 Å². The predicted octanol–water partition coefficient (Wildman–Crippen LogP) is 5.24. The van der Waals surface area contributed by atoms with Crippen molar-refractivity contribution in [1.82, 2.24) is 9.55 Å². The highest BCUT2D eigenvalue weighted by molar-refractivity contribution is 7.17. The molecule has 2 aromatic heterocycles. The third kappa shape index (κ3) is 2.39. The number of hydrogen-bond acceptors (Lipinski definition) is 2. The van der Waals surface area contributed by atoms with E-state index in [0.717, 1.165) is 18.0 Å². The molecule has 0 aliphatic heterocycles. The Morgan fingerprint density at radius 1 is 1.15 bits per heavy atom. The Morgan fingerprint density at radius 3 is 2.81 bits per heavy atom. The van der Waals surface area contributed by atoms with Crippen LogP contribution in [-0.2, 0) is 13.6 Å². The lowest BCUT2D eigenvalue weighted by Crippen LogP contribution is -2.31. The Morgan fingerprint density at radius 2 is 1.96 bits per heavy atom. The number of fused-ring (bicyclic) bond motifs is 2. The molecule has 4 aromatic rings. The lowest BCUT2D eigenvalue weighted by Gasteiger charge is -2.11. The zero-order chi connectivity index (χ0) is 17.7. The number of nitrogens with zero attached hydrogens (tertiary/aromatic N) is 3. The molecule has 2 heterocycles. The van der Waals surface area contributed by atoms with Gasteiger partial charge in [0, 0.05) is 0 Å². The summed E-state index contributed by atoms with van der Waals surface area (Å²) in [6.07, 6.45) is 5.49. The number of imidazole rings is 1. The second kappa shape index (κ2) is 6.20. The van der Waals surface area contributed by atoms with Crippen molar-refractivity contribution < 1.29 is 4.57 Å². The van der Waals surface area contributed by atoms with E-state index in [2.05, 4.69) is 64.5 Å². The van der Waals surface area contributed by atoms with E-state index in [1.165, 1.54) is 58.4 Å². The van der Waals surface area contributed by atoms with Crippen LogP contribution >= 0.6 is 11.3 Å². The Bertz CT molecular complexity index is 1100. The minimum absolute atomic E-state index is 0.797. The lowest BCUT2D eigenvalue weighted by atomic mass is 10.1. The molecule has 0 unspecified atom stereocenters. The predicted molar refractivity (Wildman–Crippen MR) is 108 cm³/mol. The summed E-state index contributed by atoms with van der Waals surface area (Å²) >= 11 is 1.76. The number of aromatic nitrogens is 3. The maximum absolute atomic E-state index is 4.56. The van der Waals surface area contributed by atoms with E-state index < -0.39 is 0 Å². The van der Waals surface area contributed by atoms with E-state index in [0.29, 0.717) is 0 Å². The molecule has 5 rings (SSSR count). The Labute approximate surface area is 157 Å². The number of benzene rings is 2. The summed E-state index contributed by atoms with van der Waals surface area (Å²) in [5.74, 6) is 2.12. The van der Waals surface area contributed by atoms with Crippen molar-refractivity contribution in [2.45, 2.75) is 39.2 Å². The molecule has 3 nitrogen and oxygen atoms in total. The van der Waals surface area contributed by atoms with Gasteiger partial charge in [-0.2, -0.15) is 0 Å². The first-order valence-electron chi connectivity index (χ1n) is 9.54. The van der Waals surface area contributed by atoms with Gasteiger partial charge in [0.1, 0.15) is 0 Å². The molecule has 0 atom stereocenters. The Balaban J connectivity index is 1.82. The molecule has 1 saturated carbocycles. The summed E-state index contributed by atoms with van der Waals surface area (Å²) in [6, 6.07) is 13.2.